The Morgan fingerprint density at radius 3 is 2.77 bits per heavy atom. The van der Waals surface area contributed by atoms with Gasteiger partial charge in [0.05, 0.1) is 5.92 Å². The summed E-state index contributed by atoms with van der Waals surface area (Å²) < 4.78 is 0. The number of aliphatic carboxylic acids is 1. The molecular formula is C16H16N2O4. The molecule has 6 heteroatoms. The van der Waals surface area contributed by atoms with Gasteiger partial charge < -0.3 is 15.4 Å². The number of H-pyrrole nitrogens is 1. The number of nitrogens with one attached hydrogen (secondary N) is 2. The number of fused-ring (bicyclic) bond motifs is 1. The van der Waals surface area contributed by atoms with Gasteiger partial charge in [-0.3, -0.25) is 14.4 Å². The van der Waals surface area contributed by atoms with Crippen molar-refractivity contribution in [1.29, 1.82) is 0 Å². The first-order valence-corrected chi connectivity index (χ1v) is 7.22. The summed E-state index contributed by atoms with van der Waals surface area (Å²) in [5.74, 6) is -1.90. The molecule has 1 aliphatic rings. The number of carbonyl (C=O) groups excluding carboxylic acids is 1. The van der Waals surface area contributed by atoms with E-state index in [0.717, 1.165) is 6.42 Å². The zero-order valence-corrected chi connectivity index (χ0v) is 11.8. The summed E-state index contributed by atoms with van der Waals surface area (Å²) in [5, 5.41) is 13.1. The number of aromatic nitrogens is 1. The summed E-state index contributed by atoms with van der Waals surface area (Å²) in [6.45, 7) is 0. The summed E-state index contributed by atoms with van der Waals surface area (Å²) in [5.41, 5.74) is -0.177. The molecule has 0 spiro atoms. The van der Waals surface area contributed by atoms with Crippen LogP contribution < -0.4 is 10.9 Å². The van der Waals surface area contributed by atoms with Crippen LogP contribution in [0.4, 0.5) is 0 Å². The van der Waals surface area contributed by atoms with Crippen LogP contribution in [-0.2, 0) is 4.79 Å². The molecule has 2 atom stereocenters. The second-order valence-electron chi connectivity index (χ2n) is 5.55. The first kappa shape index (κ1) is 14.3. The highest BCUT2D eigenvalue weighted by Crippen LogP contribution is 2.26. The second-order valence-corrected chi connectivity index (χ2v) is 5.55. The van der Waals surface area contributed by atoms with Crippen molar-refractivity contribution in [3.8, 4) is 0 Å². The van der Waals surface area contributed by atoms with Gasteiger partial charge in [-0.05, 0) is 30.4 Å². The number of carbonyl (C=O) groups is 2. The molecule has 3 N–H and O–H groups in total. The van der Waals surface area contributed by atoms with Gasteiger partial charge in [-0.25, -0.2) is 0 Å². The molecule has 0 saturated heterocycles. The molecule has 0 unspecified atom stereocenters. The Balaban J connectivity index is 1.86. The van der Waals surface area contributed by atoms with E-state index in [4.69, 9.17) is 5.11 Å². The summed E-state index contributed by atoms with van der Waals surface area (Å²) in [6.07, 6.45) is 1.98. The standard InChI is InChI=1S/C16H16N2O4/c19-14-10-5-2-1-4-9(10)8-13(18-14)15(20)17-12-7-3-6-11(12)16(21)22/h1-2,4-5,8,11-12H,3,6-7H2,(H,17,20)(H,18,19)(H,21,22)/t11-,12+/m1/s1. The van der Waals surface area contributed by atoms with Crippen molar-refractivity contribution in [3.63, 3.8) is 0 Å². The number of carboxylic acids is 1. The Hall–Kier alpha value is -2.63. The normalized spacial score (nSPS) is 20.9. The third kappa shape index (κ3) is 2.59. The lowest BCUT2D eigenvalue weighted by atomic mass is 10.0. The molecule has 1 fully saturated rings. The van der Waals surface area contributed by atoms with E-state index in [9.17, 15) is 14.4 Å². The van der Waals surface area contributed by atoms with E-state index >= 15 is 0 Å². The highest BCUT2D eigenvalue weighted by molar-refractivity contribution is 5.96. The van der Waals surface area contributed by atoms with E-state index < -0.39 is 17.8 Å². The molecular weight excluding hydrogens is 284 g/mol. The fourth-order valence-electron chi connectivity index (χ4n) is 3.01. The Morgan fingerprint density at radius 1 is 1.23 bits per heavy atom. The highest BCUT2D eigenvalue weighted by Gasteiger charge is 2.34. The molecule has 0 aliphatic heterocycles. The number of carboxylic acid groups (broad SMARTS) is 1. The van der Waals surface area contributed by atoms with Crippen LogP contribution in [0.1, 0.15) is 29.8 Å². The summed E-state index contributed by atoms with van der Waals surface area (Å²) in [7, 11) is 0. The predicted molar refractivity (Wildman–Crippen MR) is 80.8 cm³/mol. The fourth-order valence-corrected chi connectivity index (χ4v) is 3.01. The van der Waals surface area contributed by atoms with Crippen LogP contribution in [0.3, 0.4) is 0 Å². The molecule has 1 aromatic carbocycles. The average molecular weight is 300 g/mol. The maximum Gasteiger partial charge on any atom is 0.308 e. The van der Waals surface area contributed by atoms with Crippen molar-refractivity contribution in [2.45, 2.75) is 25.3 Å². The van der Waals surface area contributed by atoms with Gasteiger partial charge in [-0.15, -0.1) is 0 Å². The summed E-state index contributed by atoms with van der Waals surface area (Å²) in [6, 6.07) is 8.22. The molecule has 2 aromatic rings. The molecule has 1 heterocycles. The lowest BCUT2D eigenvalue weighted by Gasteiger charge is -2.17. The number of hydrogen-bond acceptors (Lipinski definition) is 3. The van der Waals surface area contributed by atoms with Crippen LogP contribution in [0.25, 0.3) is 10.8 Å². The minimum absolute atomic E-state index is 0.153. The quantitative estimate of drug-likeness (QED) is 0.800. The molecule has 1 saturated carbocycles. The minimum Gasteiger partial charge on any atom is -0.481 e. The largest absolute Gasteiger partial charge is 0.481 e. The Kier molecular flexibility index (Phi) is 3.66. The van der Waals surface area contributed by atoms with Gasteiger partial charge >= 0.3 is 5.97 Å². The SMILES string of the molecule is O=C(N[C@H]1CCC[C@H]1C(=O)O)c1cc2ccccc2c(=O)[nH]1. The van der Waals surface area contributed by atoms with Crippen LogP contribution in [0.15, 0.2) is 35.1 Å². The zero-order chi connectivity index (χ0) is 15.7. The third-order valence-corrected chi connectivity index (χ3v) is 4.15. The number of rotatable bonds is 3. The Labute approximate surface area is 126 Å². The molecule has 1 amide bonds. The van der Waals surface area contributed by atoms with Crippen LogP contribution in [-0.4, -0.2) is 28.0 Å². The molecule has 114 valence electrons. The van der Waals surface area contributed by atoms with Crippen LogP contribution >= 0.6 is 0 Å². The van der Waals surface area contributed by atoms with E-state index in [1.807, 2.05) is 0 Å². The van der Waals surface area contributed by atoms with Gasteiger partial charge in [0.25, 0.3) is 11.5 Å². The van der Waals surface area contributed by atoms with Crippen LogP contribution in [0.2, 0.25) is 0 Å². The van der Waals surface area contributed by atoms with E-state index in [1.165, 1.54) is 0 Å². The zero-order valence-electron chi connectivity index (χ0n) is 11.8. The Bertz CT molecular complexity index is 796. The van der Waals surface area contributed by atoms with Gasteiger partial charge in [0.1, 0.15) is 5.69 Å². The lowest BCUT2D eigenvalue weighted by Crippen LogP contribution is -2.40. The van der Waals surface area contributed by atoms with Crippen molar-refractivity contribution in [2.24, 2.45) is 5.92 Å². The molecule has 6 nitrogen and oxygen atoms in total. The average Bonchev–Trinajstić information content (AvgIpc) is 2.95. The van der Waals surface area contributed by atoms with Gasteiger partial charge in [0.2, 0.25) is 0 Å². The molecule has 3 rings (SSSR count). The van der Waals surface area contributed by atoms with Crippen molar-refractivity contribution < 1.29 is 14.7 Å². The molecule has 1 aromatic heterocycles. The molecule has 1 aliphatic carbocycles. The van der Waals surface area contributed by atoms with Gasteiger partial charge in [0.15, 0.2) is 0 Å². The van der Waals surface area contributed by atoms with Crippen molar-refractivity contribution >= 4 is 22.6 Å². The van der Waals surface area contributed by atoms with Crippen LogP contribution in [0.5, 0.6) is 0 Å². The smallest absolute Gasteiger partial charge is 0.308 e. The fraction of sp³-hybridized carbons (Fsp3) is 0.312. The topological polar surface area (TPSA) is 99.3 Å². The monoisotopic (exact) mass is 300 g/mol. The van der Waals surface area contributed by atoms with Crippen LogP contribution in [0, 0.1) is 5.92 Å². The van der Waals surface area contributed by atoms with E-state index in [2.05, 4.69) is 10.3 Å². The van der Waals surface area contributed by atoms with E-state index in [0.29, 0.717) is 23.6 Å². The predicted octanol–water partition coefficient (Wildman–Crippen LogP) is 1.51. The summed E-state index contributed by atoms with van der Waals surface area (Å²) >= 11 is 0. The maximum absolute atomic E-state index is 12.3. The highest BCUT2D eigenvalue weighted by atomic mass is 16.4. The summed E-state index contributed by atoms with van der Waals surface area (Å²) in [4.78, 5) is 38.0. The first-order valence-electron chi connectivity index (χ1n) is 7.22. The number of amides is 1. The van der Waals surface area contributed by atoms with E-state index in [1.54, 1.807) is 30.3 Å². The van der Waals surface area contributed by atoms with Gasteiger partial charge in [-0.1, -0.05) is 24.6 Å². The number of hydrogen-bond donors (Lipinski definition) is 3. The van der Waals surface area contributed by atoms with E-state index in [-0.39, 0.29) is 17.3 Å². The Morgan fingerprint density at radius 2 is 2.00 bits per heavy atom. The molecule has 22 heavy (non-hydrogen) atoms. The number of pyridine rings is 1. The number of benzene rings is 1. The van der Waals surface area contributed by atoms with Gasteiger partial charge in [-0.2, -0.15) is 0 Å². The van der Waals surface area contributed by atoms with Crippen molar-refractivity contribution in [3.05, 3.63) is 46.4 Å². The number of aromatic amines is 1. The first-order chi connectivity index (χ1) is 10.6. The molecule has 0 bridgehead atoms. The molecule has 0 radical (unpaired) electrons. The minimum atomic E-state index is -0.894. The third-order valence-electron chi connectivity index (χ3n) is 4.15. The second kappa shape index (κ2) is 5.63. The maximum atomic E-state index is 12.3. The van der Waals surface area contributed by atoms with Gasteiger partial charge in [0, 0.05) is 11.4 Å². The van der Waals surface area contributed by atoms with Crippen molar-refractivity contribution in [1.82, 2.24) is 10.3 Å². The van der Waals surface area contributed by atoms with Crippen molar-refractivity contribution in [2.75, 3.05) is 0 Å². The lowest BCUT2D eigenvalue weighted by molar-refractivity contribution is -0.142.